The average molecular weight is 270 g/mol. The zero-order valence-electron chi connectivity index (χ0n) is 12.5. The number of carbonyl (C=O) groups excluding carboxylic acids is 2. The van der Waals surface area contributed by atoms with Gasteiger partial charge in [0.15, 0.2) is 0 Å². The van der Waals surface area contributed by atoms with Crippen LogP contribution in [-0.2, 0) is 19.1 Å². The van der Waals surface area contributed by atoms with Crippen molar-refractivity contribution < 1.29 is 19.1 Å². The van der Waals surface area contributed by atoms with Crippen LogP contribution in [0, 0.1) is 11.8 Å². The summed E-state index contributed by atoms with van der Waals surface area (Å²) in [5.41, 5.74) is 0. The van der Waals surface area contributed by atoms with E-state index in [2.05, 4.69) is 20.4 Å². The molecule has 0 unspecified atom stereocenters. The van der Waals surface area contributed by atoms with Gasteiger partial charge in [-0.2, -0.15) is 0 Å². The molecule has 0 spiro atoms. The highest BCUT2D eigenvalue weighted by Crippen LogP contribution is 2.24. The van der Waals surface area contributed by atoms with Gasteiger partial charge in [-0.15, -0.1) is 0 Å². The summed E-state index contributed by atoms with van der Waals surface area (Å²) in [6, 6.07) is 0. The van der Waals surface area contributed by atoms with E-state index in [0.717, 1.165) is 12.8 Å². The summed E-state index contributed by atoms with van der Waals surface area (Å²) in [5.74, 6) is -0.0375. The van der Waals surface area contributed by atoms with Crippen LogP contribution in [0.25, 0.3) is 0 Å². The molecule has 4 heteroatoms. The Morgan fingerprint density at radius 3 is 2.37 bits per heavy atom. The Balaban J connectivity index is 4.62. The van der Waals surface area contributed by atoms with Crippen LogP contribution < -0.4 is 0 Å². The van der Waals surface area contributed by atoms with Gasteiger partial charge in [0.05, 0.1) is 6.42 Å². The first-order valence-electron chi connectivity index (χ1n) is 6.84. The molecule has 0 N–H and O–H groups in total. The highest BCUT2D eigenvalue weighted by molar-refractivity contribution is 5.71. The van der Waals surface area contributed by atoms with E-state index < -0.39 is 6.10 Å². The molecular weight excluding hydrogens is 244 g/mol. The predicted molar refractivity (Wildman–Crippen MR) is 74.6 cm³/mol. The molecule has 0 amide bonds. The lowest BCUT2D eigenvalue weighted by molar-refractivity contribution is -0.156. The van der Waals surface area contributed by atoms with Crippen molar-refractivity contribution in [2.75, 3.05) is 6.61 Å². The average Bonchev–Trinajstić information content (AvgIpc) is 2.31. The zero-order chi connectivity index (χ0) is 14.8. The lowest BCUT2D eigenvalue weighted by Crippen LogP contribution is -2.30. The second-order valence-electron chi connectivity index (χ2n) is 5.12. The van der Waals surface area contributed by atoms with Gasteiger partial charge in [-0.25, -0.2) is 0 Å². The molecule has 0 saturated heterocycles. The molecule has 110 valence electrons. The van der Waals surface area contributed by atoms with Gasteiger partial charge in [-0.1, -0.05) is 33.4 Å². The van der Waals surface area contributed by atoms with Crippen LogP contribution in [0.5, 0.6) is 0 Å². The van der Waals surface area contributed by atoms with E-state index in [1.54, 1.807) is 0 Å². The van der Waals surface area contributed by atoms with Crippen molar-refractivity contribution in [2.24, 2.45) is 11.8 Å². The van der Waals surface area contributed by atoms with Crippen LogP contribution in [0.3, 0.4) is 0 Å². The predicted octanol–water partition coefficient (Wildman–Crippen LogP) is 3.11. The van der Waals surface area contributed by atoms with Crippen molar-refractivity contribution in [3.63, 3.8) is 0 Å². The van der Waals surface area contributed by atoms with Crippen LogP contribution >= 0.6 is 0 Å². The number of rotatable bonds is 9. The van der Waals surface area contributed by atoms with Crippen molar-refractivity contribution in [3.05, 3.63) is 12.7 Å². The third-order valence-corrected chi connectivity index (χ3v) is 2.87. The molecule has 0 aromatic rings. The second kappa shape index (κ2) is 9.59. The first-order valence-corrected chi connectivity index (χ1v) is 6.84. The summed E-state index contributed by atoms with van der Waals surface area (Å²) in [5, 5.41) is 0. The molecule has 0 aliphatic rings. The minimum Gasteiger partial charge on any atom is -0.462 e. The second-order valence-corrected chi connectivity index (χ2v) is 5.12. The summed E-state index contributed by atoms with van der Waals surface area (Å²) in [6.07, 6.45) is 3.01. The number of esters is 2. The van der Waals surface area contributed by atoms with Gasteiger partial charge in [-0.3, -0.25) is 9.59 Å². The Morgan fingerprint density at radius 1 is 1.32 bits per heavy atom. The summed E-state index contributed by atoms with van der Waals surface area (Å²) >= 11 is 0. The third-order valence-electron chi connectivity index (χ3n) is 2.87. The smallest absolute Gasteiger partial charge is 0.309 e. The van der Waals surface area contributed by atoms with Crippen molar-refractivity contribution in [2.45, 2.75) is 53.1 Å². The Kier molecular flexibility index (Phi) is 8.92. The summed E-state index contributed by atoms with van der Waals surface area (Å²) < 4.78 is 10.2. The van der Waals surface area contributed by atoms with Crippen LogP contribution in [0.2, 0.25) is 0 Å². The van der Waals surface area contributed by atoms with Crippen LogP contribution in [0.4, 0.5) is 0 Å². The molecule has 4 nitrogen and oxygen atoms in total. The normalized spacial score (nSPS) is 13.7. The molecule has 0 saturated carbocycles. The molecule has 0 fully saturated rings. The van der Waals surface area contributed by atoms with Gasteiger partial charge < -0.3 is 9.47 Å². The van der Waals surface area contributed by atoms with Crippen molar-refractivity contribution in [1.29, 1.82) is 0 Å². The highest BCUT2D eigenvalue weighted by Gasteiger charge is 2.26. The summed E-state index contributed by atoms with van der Waals surface area (Å²) in [7, 11) is 0. The summed E-state index contributed by atoms with van der Waals surface area (Å²) in [6.45, 7) is 11.3. The maximum atomic E-state index is 11.6. The Bertz CT molecular complexity index is 297. The minimum absolute atomic E-state index is 0.110. The Hall–Kier alpha value is -1.32. The van der Waals surface area contributed by atoms with Gasteiger partial charge in [0, 0.05) is 6.92 Å². The quantitative estimate of drug-likeness (QED) is 0.477. The first kappa shape index (κ1) is 17.7. The van der Waals surface area contributed by atoms with E-state index in [1.807, 2.05) is 6.92 Å². The molecule has 0 rings (SSSR count). The van der Waals surface area contributed by atoms with E-state index >= 15 is 0 Å². The van der Waals surface area contributed by atoms with Crippen molar-refractivity contribution in [1.82, 2.24) is 0 Å². The molecule has 19 heavy (non-hydrogen) atoms. The topological polar surface area (TPSA) is 52.6 Å². The van der Waals surface area contributed by atoms with E-state index in [4.69, 9.17) is 9.47 Å². The van der Waals surface area contributed by atoms with Gasteiger partial charge in [-0.05, 0) is 24.7 Å². The maximum absolute atomic E-state index is 11.6. The highest BCUT2D eigenvalue weighted by atomic mass is 16.6. The zero-order valence-corrected chi connectivity index (χ0v) is 12.5. The Labute approximate surface area is 116 Å². The SMILES string of the molecule is C=CCOC(=O)C[C@H](OC(C)=O)[C@@H](CC)CC(C)C. The fraction of sp³-hybridized carbons (Fsp3) is 0.733. The molecule has 0 radical (unpaired) electrons. The molecular formula is C15H26O4. The fourth-order valence-corrected chi connectivity index (χ4v) is 2.08. The van der Waals surface area contributed by atoms with E-state index in [-0.39, 0.29) is 30.9 Å². The van der Waals surface area contributed by atoms with Gasteiger partial charge >= 0.3 is 11.9 Å². The first-order chi connectivity index (χ1) is 8.90. The van der Waals surface area contributed by atoms with E-state index in [1.165, 1.54) is 13.0 Å². The molecule has 0 heterocycles. The van der Waals surface area contributed by atoms with Crippen LogP contribution in [0.1, 0.15) is 47.0 Å². The molecule has 0 bridgehead atoms. The molecule has 0 aliphatic heterocycles. The Morgan fingerprint density at radius 2 is 1.95 bits per heavy atom. The van der Waals surface area contributed by atoms with Gasteiger partial charge in [0.1, 0.15) is 12.7 Å². The van der Waals surface area contributed by atoms with E-state index in [9.17, 15) is 9.59 Å². The lowest BCUT2D eigenvalue weighted by Gasteiger charge is -2.26. The van der Waals surface area contributed by atoms with Crippen molar-refractivity contribution in [3.8, 4) is 0 Å². The van der Waals surface area contributed by atoms with Crippen molar-refractivity contribution >= 4 is 11.9 Å². The van der Waals surface area contributed by atoms with Crippen LogP contribution in [-0.4, -0.2) is 24.6 Å². The number of carbonyl (C=O) groups is 2. The number of hydrogen-bond acceptors (Lipinski definition) is 4. The summed E-state index contributed by atoms with van der Waals surface area (Å²) in [4.78, 5) is 22.8. The molecule has 0 aromatic carbocycles. The minimum atomic E-state index is -0.401. The molecule has 0 aliphatic carbocycles. The monoisotopic (exact) mass is 270 g/mol. The van der Waals surface area contributed by atoms with E-state index in [0.29, 0.717) is 5.92 Å². The standard InChI is InChI=1S/C15H26O4/c1-6-8-18-15(17)10-14(19-12(5)16)13(7-2)9-11(3)4/h6,11,13-14H,1,7-10H2,2-5H3/t13-,14-/m0/s1. The third kappa shape index (κ3) is 8.41. The largest absolute Gasteiger partial charge is 0.462 e. The van der Waals surface area contributed by atoms with Crippen LogP contribution in [0.15, 0.2) is 12.7 Å². The lowest BCUT2D eigenvalue weighted by atomic mass is 9.88. The van der Waals surface area contributed by atoms with Gasteiger partial charge in [0.2, 0.25) is 0 Å². The maximum Gasteiger partial charge on any atom is 0.309 e. The molecule has 2 atom stereocenters. The molecule has 0 aromatic heterocycles. The van der Waals surface area contributed by atoms with Gasteiger partial charge in [0.25, 0.3) is 0 Å². The number of hydrogen-bond donors (Lipinski definition) is 0. The number of ether oxygens (including phenoxy) is 2. The fourth-order valence-electron chi connectivity index (χ4n) is 2.08.